The maximum absolute atomic E-state index is 13.1. The van der Waals surface area contributed by atoms with Crippen LogP contribution >= 0.6 is 11.6 Å². The molecule has 0 aliphatic carbocycles. The Kier molecular flexibility index (Phi) is 4.84. The van der Waals surface area contributed by atoms with Gasteiger partial charge < -0.3 is 10.2 Å². The molecule has 0 radical (unpaired) electrons. The number of anilines is 1. The van der Waals surface area contributed by atoms with Gasteiger partial charge >= 0.3 is 0 Å². The average Bonchev–Trinajstić information content (AvgIpc) is 2.55. The number of halogens is 2. The highest BCUT2D eigenvalue weighted by molar-refractivity contribution is 6.33. The molecule has 0 bridgehead atoms. The van der Waals surface area contributed by atoms with Crippen molar-refractivity contribution in [3.63, 3.8) is 0 Å². The zero-order chi connectivity index (χ0) is 13.0. The second-order valence-corrected chi connectivity index (χ2v) is 5.24. The van der Waals surface area contributed by atoms with Crippen LogP contribution in [0.25, 0.3) is 0 Å². The first-order valence-corrected chi connectivity index (χ1v) is 7.02. The summed E-state index contributed by atoms with van der Waals surface area (Å²) in [5.41, 5.74) is 0.947. The largest absolute Gasteiger partial charge is 0.369 e. The molecule has 1 aromatic rings. The van der Waals surface area contributed by atoms with Crippen molar-refractivity contribution in [2.45, 2.75) is 32.2 Å². The van der Waals surface area contributed by atoms with E-state index in [1.165, 1.54) is 18.6 Å². The van der Waals surface area contributed by atoms with Crippen LogP contribution in [0.15, 0.2) is 18.2 Å². The van der Waals surface area contributed by atoms with Gasteiger partial charge in [-0.2, -0.15) is 0 Å². The van der Waals surface area contributed by atoms with Crippen molar-refractivity contribution in [1.29, 1.82) is 0 Å². The molecule has 0 spiro atoms. The normalized spacial score (nSPS) is 20.8. The Morgan fingerprint density at radius 1 is 1.50 bits per heavy atom. The number of hydrogen-bond donors (Lipinski definition) is 1. The van der Waals surface area contributed by atoms with Gasteiger partial charge in [0.05, 0.1) is 10.7 Å². The predicted octanol–water partition coefficient (Wildman–Crippen LogP) is 3.45. The zero-order valence-corrected chi connectivity index (χ0v) is 11.5. The molecule has 1 N–H and O–H groups in total. The Hall–Kier alpha value is -0.800. The van der Waals surface area contributed by atoms with Crippen molar-refractivity contribution >= 4 is 17.3 Å². The van der Waals surface area contributed by atoms with Gasteiger partial charge in [-0.15, -0.1) is 0 Å². The van der Waals surface area contributed by atoms with Crippen molar-refractivity contribution in [1.82, 2.24) is 5.32 Å². The Balaban J connectivity index is 2.14. The minimum atomic E-state index is -0.276. The van der Waals surface area contributed by atoms with E-state index in [1.807, 2.05) is 0 Å². The highest BCUT2D eigenvalue weighted by atomic mass is 35.5. The van der Waals surface area contributed by atoms with Crippen LogP contribution in [0.1, 0.15) is 26.2 Å². The number of rotatable bonds is 3. The summed E-state index contributed by atoms with van der Waals surface area (Å²) in [7, 11) is 0. The van der Waals surface area contributed by atoms with E-state index in [0.717, 1.165) is 38.2 Å². The van der Waals surface area contributed by atoms with Gasteiger partial charge in [0, 0.05) is 19.1 Å². The standard InChI is InChI=1S/C14H20ClFN2/c1-2-4-12-10-18(8-3-7-17-12)14-6-5-11(16)9-13(14)15/h5-6,9,12,17H,2-4,7-8,10H2,1H3. The van der Waals surface area contributed by atoms with Gasteiger partial charge in [-0.1, -0.05) is 24.9 Å². The fraction of sp³-hybridized carbons (Fsp3) is 0.571. The molecule has 0 saturated carbocycles. The molecule has 0 aromatic heterocycles. The molecule has 18 heavy (non-hydrogen) atoms. The summed E-state index contributed by atoms with van der Waals surface area (Å²) in [5, 5.41) is 4.06. The molecule has 2 rings (SSSR count). The predicted molar refractivity (Wildman–Crippen MR) is 74.9 cm³/mol. The number of benzene rings is 1. The van der Waals surface area contributed by atoms with E-state index >= 15 is 0 Å². The van der Waals surface area contributed by atoms with E-state index in [9.17, 15) is 4.39 Å². The molecule has 1 saturated heterocycles. The van der Waals surface area contributed by atoms with E-state index in [-0.39, 0.29) is 5.82 Å². The summed E-state index contributed by atoms with van der Waals surface area (Å²) in [6, 6.07) is 5.16. The van der Waals surface area contributed by atoms with Crippen molar-refractivity contribution in [3.8, 4) is 0 Å². The average molecular weight is 271 g/mol. The highest BCUT2D eigenvalue weighted by Crippen LogP contribution is 2.27. The SMILES string of the molecule is CCCC1CN(c2ccc(F)cc2Cl)CCCN1. The van der Waals surface area contributed by atoms with Crippen LogP contribution in [-0.4, -0.2) is 25.7 Å². The maximum Gasteiger partial charge on any atom is 0.124 e. The minimum absolute atomic E-state index is 0.276. The third-order valence-corrected chi connectivity index (χ3v) is 3.67. The van der Waals surface area contributed by atoms with E-state index in [4.69, 9.17) is 11.6 Å². The first kappa shape index (κ1) is 13.6. The molecule has 1 heterocycles. The summed E-state index contributed by atoms with van der Waals surface area (Å²) >= 11 is 6.14. The molecular formula is C14H20ClFN2. The maximum atomic E-state index is 13.1. The lowest BCUT2D eigenvalue weighted by molar-refractivity contribution is 0.502. The van der Waals surface area contributed by atoms with Crippen LogP contribution in [0.5, 0.6) is 0 Å². The molecule has 1 fully saturated rings. The summed E-state index contributed by atoms with van der Waals surface area (Å²) in [6.07, 6.45) is 3.42. The fourth-order valence-corrected chi connectivity index (χ4v) is 2.78. The number of nitrogens with one attached hydrogen (secondary N) is 1. The lowest BCUT2D eigenvalue weighted by Crippen LogP contribution is -2.37. The Bertz CT molecular complexity index is 397. The molecule has 4 heteroatoms. The second-order valence-electron chi connectivity index (χ2n) is 4.84. The third-order valence-electron chi connectivity index (χ3n) is 3.37. The van der Waals surface area contributed by atoms with Gasteiger partial charge in [-0.05, 0) is 37.6 Å². The molecule has 100 valence electrons. The lowest BCUT2D eigenvalue weighted by atomic mass is 10.1. The van der Waals surface area contributed by atoms with Gasteiger partial charge in [0.2, 0.25) is 0 Å². The molecule has 2 nitrogen and oxygen atoms in total. The second kappa shape index (κ2) is 6.39. The van der Waals surface area contributed by atoms with Crippen molar-refractivity contribution in [2.24, 2.45) is 0 Å². The summed E-state index contributed by atoms with van der Waals surface area (Å²) in [4.78, 5) is 2.27. The summed E-state index contributed by atoms with van der Waals surface area (Å²) < 4.78 is 13.1. The van der Waals surface area contributed by atoms with Crippen LogP contribution in [0.4, 0.5) is 10.1 Å². The molecule has 1 aromatic carbocycles. The van der Waals surface area contributed by atoms with Gasteiger partial charge in [-0.25, -0.2) is 4.39 Å². The lowest BCUT2D eigenvalue weighted by Gasteiger charge is -2.27. The zero-order valence-electron chi connectivity index (χ0n) is 10.8. The van der Waals surface area contributed by atoms with E-state index in [0.29, 0.717) is 11.1 Å². The fourth-order valence-electron chi connectivity index (χ4n) is 2.50. The molecular weight excluding hydrogens is 251 g/mol. The number of nitrogens with zero attached hydrogens (tertiary/aromatic N) is 1. The minimum Gasteiger partial charge on any atom is -0.369 e. The van der Waals surface area contributed by atoms with Gasteiger partial charge in [0.25, 0.3) is 0 Å². The van der Waals surface area contributed by atoms with Crippen molar-refractivity contribution in [2.75, 3.05) is 24.5 Å². The van der Waals surface area contributed by atoms with Crippen molar-refractivity contribution < 1.29 is 4.39 Å². The molecule has 0 amide bonds. The summed E-state index contributed by atoms with van der Waals surface area (Å²) in [6.45, 7) is 5.15. The van der Waals surface area contributed by atoms with E-state index in [2.05, 4.69) is 17.1 Å². The Morgan fingerprint density at radius 2 is 2.33 bits per heavy atom. The number of hydrogen-bond acceptors (Lipinski definition) is 2. The first-order chi connectivity index (χ1) is 8.70. The smallest absolute Gasteiger partial charge is 0.124 e. The van der Waals surface area contributed by atoms with Gasteiger partial charge in [0.1, 0.15) is 5.82 Å². The Labute approximate surface area is 113 Å². The van der Waals surface area contributed by atoms with Crippen molar-refractivity contribution in [3.05, 3.63) is 29.0 Å². The molecule has 1 aliphatic rings. The quantitative estimate of drug-likeness (QED) is 0.905. The summed E-state index contributed by atoms with van der Waals surface area (Å²) in [5.74, 6) is -0.276. The third kappa shape index (κ3) is 3.36. The van der Waals surface area contributed by atoms with Crippen LogP contribution in [0.3, 0.4) is 0 Å². The first-order valence-electron chi connectivity index (χ1n) is 6.64. The van der Waals surface area contributed by atoms with E-state index < -0.39 is 0 Å². The van der Waals surface area contributed by atoms with Crippen LogP contribution in [0.2, 0.25) is 5.02 Å². The molecule has 1 aliphatic heterocycles. The topological polar surface area (TPSA) is 15.3 Å². The molecule has 1 atom stereocenters. The highest BCUT2D eigenvalue weighted by Gasteiger charge is 2.19. The van der Waals surface area contributed by atoms with Crippen LogP contribution in [-0.2, 0) is 0 Å². The van der Waals surface area contributed by atoms with Gasteiger partial charge in [-0.3, -0.25) is 0 Å². The monoisotopic (exact) mass is 270 g/mol. The van der Waals surface area contributed by atoms with E-state index in [1.54, 1.807) is 6.07 Å². The van der Waals surface area contributed by atoms with Gasteiger partial charge in [0.15, 0.2) is 0 Å². The molecule has 1 unspecified atom stereocenters. The Morgan fingerprint density at radius 3 is 3.06 bits per heavy atom. The van der Waals surface area contributed by atoms with Crippen LogP contribution < -0.4 is 10.2 Å². The van der Waals surface area contributed by atoms with Crippen LogP contribution in [0, 0.1) is 5.82 Å².